The van der Waals surface area contributed by atoms with E-state index in [1.54, 1.807) is 34.6 Å². The standard InChI is InChI=1S/C41H62N12O12/c1-20-29(46-50-42)23(4)59-38(57-18-14-10-13-17-28(54)56-8)34(20)63-39-35(21(2)30(47-51-43)24(5)60-39)64-40-36(22(3)31(48-52-44)25(6)61-40)65-41-37(58-19-27-15-11-9-12-16-27)33(55)32(49-53-45)26(7)62-41/h9,11-12,15-16,20-26,29-41,55H,10,13-14,17-19H2,1-8H3/t20-,21-,22-,23?,24?,25?,26?,29-,30-,31-,32+,33-,34?,35?,36?,37?,38-,39+,40+,41+/m0/s1. The van der Waals surface area contributed by atoms with Crippen molar-refractivity contribution in [1.82, 2.24) is 0 Å². The molecule has 0 aromatic heterocycles. The molecule has 65 heavy (non-hydrogen) atoms. The zero-order chi connectivity index (χ0) is 47.2. The molecule has 0 bridgehead atoms. The number of hydrogen-bond donors (Lipinski definition) is 1. The molecule has 0 saturated carbocycles. The molecule has 1 aromatic carbocycles. The summed E-state index contributed by atoms with van der Waals surface area (Å²) in [5.41, 5.74) is 38.9. The number of rotatable bonds is 20. The largest absolute Gasteiger partial charge is 0.469 e. The van der Waals surface area contributed by atoms with Crippen LogP contribution in [-0.4, -0.2) is 129 Å². The normalized spacial score (nSPS) is 39.3. The van der Waals surface area contributed by atoms with Gasteiger partial charge in [0.1, 0.15) is 24.4 Å². The van der Waals surface area contributed by atoms with Crippen LogP contribution in [0.15, 0.2) is 50.8 Å². The summed E-state index contributed by atoms with van der Waals surface area (Å²) in [4.78, 5) is 23.8. The number of aliphatic hydroxyl groups is 1. The minimum Gasteiger partial charge on any atom is -0.469 e. The average Bonchev–Trinajstić information content (AvgIpc) is 3.28. The fourth-order valence-electron chi connectivity index (χ4n) is 9.00. The Morgan fingerprint density at radius 1 is 0.585 bits per heavy atom. The van der Waals surface area contributed by atoms with Crippen molar-refractivity contribution in [3.05, 3.63) is 77.7 Å². The Hall–Kier alpha value is -4.47. The van der Waals surface area contributed by atoms with Crippen molar-refractivity contribution in [2.45, 2.75) is 185 Å². The molecule has 4 heterocycles. The average molecular weight is 915 g/mol. The third-order valence-electron chi connectivity index (χ3n) is 12.7. The lowest BCUT2D eigenvalue weighted by atomic mass is 9.87. The molecule has 24 heteroatoms. The lowest BCUT2D eigenvalue weighted by Gasteiger charge is -2.51. The maximum Gasteiger partial charge on any atom is 0.305 e. The highest BCUT2D eigenvalue weighted by Gasteiger charge is 2.54. The minimum absolute atomic E-state index is 0.0514. The van der Waals surface area contributed by atoms with Crippen LogP contribution in [0, 0.1) is 17.8 Å². The number of azide groups is 4. The summed E-state index contributed by atoms with van der Waals surface area (Å²) in [6, 6.07) is 6.09. The summed E-state index contributed by atoms with van der Waals surface area (Å²) in [5, 5.41) is 27.5. The number of unbranched alkanes of at least 4 members (excludes halogenated alkanes) is 2. The third kappa shape index (κ3) is 12.9. The van der Waals surface area contributed by atoms with Crippen LogP contribution < -0.4 is 0 Å². The zero-order valence-corrected chi connectivity index (χ0v) is 38.0. The quantitative estimate of drug-likeness (QED) is 0.0438. The second kappa shape index (κ2) is 24.9. The highest BCUT2D eigenvalue weighted by Crippen LogP contribution is 2.41. The molecule has 8 unspecified atom stereocenters. The van der Waals surface area contributed by atoms with E-state index in [0.717, 1.165) is 5.56 Å². The number of nitrogens with zero attached hydrogens (tertiary/aromatic N) is 12. The lowest BCUT2D eigenvalue weighted by Crippen LogP contribution is -2.63. The van der Waals surface area contributed by atoms with Gasteiger partial charge in [0.05, 0.1) is 68.4 Å². The highest BCUT2D eigenvalue weighted by atomic mass is 16.8. The number of carbonyl (C=O) groups is 1. The first-order valence-corrected chi connectivity index (χ1v) is 22.0. The number of carbonyl (C=O) groups excluding carboxylic acids is 1. The summed E-state index contributed by atoms with van der Waals surface area (Å²) >= 11 is 0. The summed E-state index contributed by atoms with van der Waals surface area (Å²) in [6.07, 6.45) is -10.7. The van der Waals surface area contributed by atoms with Crippen molar-refractivity contribution in [2.24, 2.45) is 38.2 Å². The van der Waals surface area contributed by atoms with Crippen LogP contribution in [-0.2, 0) is 58.8 Å². The number of hydrogen-bond acceptors (Lipinski definition) is 16. The van der Waals surface area contributed by atoms with E-state index in [4.69, 9.17) is 47.4 Å². The molecule has 0 spiro atoms. The van der Waals surface area contributed by atoms with E-state index in [1.165, 1.54) is 7.11 Å². The first kappa shape index (κ1) is 51.5. The molecule has 4 aliphatic heterocycles. The van der Waals surface area contributed by atoms with Gasteiger partial charge in [-0.1, -0.05) is 78.0 Å². The van der Waals surface area contributed by atoms with E-state index >= 15 is 0 Å². The summed E-state index contributed by atoms with van der Waals surface area (Å²) in [7, 11) is 1.35. The second-order valence-electron chi connectivity index (χ2n) is 17.0. The Labute approximate surface area is 377 Å². The fraction of sp³-hybridized carbons (Fsp3) is 0.829. The van der Waals surface area contributed by atoms with Crippen LogP contribution in [0.2, 0.25) is 0 Å². The van der Waals surface area contributed by atoms with Crippen molar-refractivity contribution in [3.8, 4) is 0 Å². The van der Waals surface area contributed by atoms with Gasteiger partial charge in [0, 0.05) is 32.7 Å². The second-order valence-corrected chi connectivity index (χ2v) is 17.0. The zero-order valence-electron chi connectivity index (χ0n) is 38.0. The Bertz CT molecular complexity index is 1890. The van der Waals surface area contributed by atoms with Gasteiger partial charge in [0.25, 0.3) is 0 Å². The molecular weight excluding hydrogens is 853 g/mol. The first-order chi connectivity index (χ1) is 31.3. The molecule has 0 radical (unpaired) electrons. The van der Waals surface area contributed by atoms with E-state index in [0.29, 0.717) is 19.3 Å². The van der Waals surface area contributed by atoms with E-state index in [1.807, 2.05) is 44.2 Å². The fourth-order valence-corrected chi connectivity index (χ4v) is 9.00. The molecule has 1 N–H and O–H groups in total. The monoisotopic (exact) mass is 914 g/mol. The molecule has 20 atom stereocenters. The number of benzene rings is 1. The molecule has 0 aliphatic carbocycles. The maximum atomic E-state index is 11.6. The first-order valence-electron chi connectivity index (χ1n) is 22.0. The molecule has 1 aromatic rings. The molecule has 24 nitrogen and oxygen atoms in total. The predicted molar refractivity (Wildman–Crippen MR) is 229 cm³/mol. The Morgan fingerprint density at radius 3 is 1.46 bits per heavy atom. The van der Waals surface area contributed by atoms with E-state index in [2.05, 4.69) is 40.1 Å². The van der Waals surface area contributed by atoms with Crippen LogP contribution in [0.1, 0.15) is 79.7 Å². The molecular formula is C41H62N12O12. The number of ether oxygens (including phenoxy) is 10. The minimum atomic E-state index is -1.36. The molecule has 358 valence electrons. The molecule has 4 aliphatic rings. The summed E-state index contributed by atoms with van der Waals surface area (Å²) in [5.74, 6) is -1.94. The maximum absolute atomic E-state index is 11.6. The van der Waals surface area contributed by atoms with Gasteiger partial charge in [-0.05, 0) is 86.0 Å². The van der Waals surface area contributed by atoms with Crippen LogP contribution in [0.5, 0.6) is 0 Å². The van der Waals surface area contributed by atoms with Crippen LogP contribution in [0.3, 0.4) is 0 Å². The topological polar surface area (TPSA) is 325 Å². The van der Waals surface area contributed by atoms with Crippen molar-refractivity contribution >= 4 is 5.97 Å². The van der Waals surface area contributed by atoms with Gasteiger partial charge >= 0.3 is 5.97 Å². The van der Waals surface area contributed by atoms with Gasteiger partial charge in [-0.3, -0.25) is 4.79 Å². The third-order valence-corrected chi connectivity index (χ3v) is 12.7. The molecule has 4 fully saturated rings. The van der Waals surface area contributed by atoms with Gasteiger partial charge in [0.2, 0.25) is 0 Å². The summed E-state index contributed by atoms with van der Waals surface area (Å²) in [6.45, 7) is 12.7. The predicted octanol–water partition coefficient (Wildman–Crippen LogP) is 7.44. The van der Waals surface area contributed by atoms with Crippen LogP contribution in [0.4, 0.5) is 0 Å². The Kier molecular flexibility index (Phi) is 19.7. The van der Waals surface area contributed by atoms with E-state index < -0.39 is 122 Å². The Morgan fingerprint density at radius 2 is 1.00 bits per heavy atom. The van der Waals surface area contributed by atoms with Gasteiger partial charge < -0.3 is 52.5 Å². The van der Waals surface area contributed by atoms with Crippen molar-refractivity contribution < 1.29 is 57.3 Å². The number of esters is 1. The lowest BCUT2D eigenvalue weighted by molar-refractivity contribution is -0.379. The van der Waals surface area contributed by atoms with Crippen LogP contribution in [0.25, 0.3) is 41.8 Å². The van der Waals surface area contributed by atoms with Crippen molar-refractivity contribution in [3.63, 3.8) is 0 Å². The van der Waals surface area contributed by atoms with Crippen molar-refractivity contribution in [2.75, 3.05) is 13.7 Å². The van der Waals surface area contributed by atoms with Gasteiger partial charge in [-0.25, -0.2) is 0 Å². The van der Waals surface area contributed by atoms with Gasteiger partial charge in [-0.15, -0.1) is 0 Å². The SMILES string of the molecule is COC(=O)CCCCCO[C@H]1OC(C)[C@@H](N=[N+]=[N-])[C@H](C)C1O[C@H]1OC(C)[C@@H](N=[N+]=[N-])[C@H](C)C1O[C@H]1OC(C)[C@@H](N=[N+]=[N-])[C@H](C)C1O[C@H]1OC(C)[C@@H](N=[N+]=[N-])[C@H](O)C1OCc1ccccc1. The van der Waals surface area contributed by atoms with Crippen LogP contribution >= 0.6 is 0 Å². The van der Waals surface area contributed by atoms with E-state index in [9.17, 15) is 32.0 Å². The van der Waals surface area contributed by atoms with Gasteiger partial charge in [-0.2, -0.15) is 0 Å². The molecule has 4 saturated heterocycles. The van der Waals surface area contributed by atoms with E-state index in [-0.39, 0.29) is 25.6 Å². The molecule has 0 amide bonds. The smallest absolute Gasteiger partial charge is 0.305 e. The molecule has 5 rings (SSSR count). The van der Waals surface area contributed by atoms with Gasteiger partial charge in [0.15, 0.2) is 25.2 Å². The highest BCUT2D eigenvalue weighted by molar-refractivity contribution is 5.68. The number of methoxy groups -OCH3 is 1. The Balaban J connectivity index is 1.46. The van der Waals surface area contributed by atoms with Crippen molar-refractivity contribution in [1.29, 1.82) is 0 Å². The number of aliphatic hydroxyl groups excluding tert-OH is 1. The summed E-state index contributed by atoms with van der Waals surface area (Å²) < 4.78 is 63.3.